The molecule has 0 radical (unpaired) electrons. The Morgan fingerprint density at radius 1 is 0.513 bits per heavy atom. The maximum absolute atomic E-state index is 11.1. The highest BCUT2D eigenvalue weighted by Crippen LogP contribution is 2.29. The number of nitrogens with zero attached hydrogens (tertiary/aromatic N) is 2. The van der Waals surface area contributed by atoms with Crippen LogP contribution in [-0.4, -0.2) is 51.4 Å². The van der Waals surface area contributed by atoms with Crippen LogP contribution in [0.3, 0.4) is 0 Å². The Balaban J connectivity index is 0.000000176. The maximum atomic E-state index is 11.1. The predicted octanol–water partition coefficient (Wildman–Crippen LogP) is 4.13. The molecule has 0 aliphatic carbocycles. The van der Waals surface area contributed by atoms with Gasteiger partial charge in [-0.2, -0.15) is 16.8 Å². The zero-order chi connectivity index (χ0) is 26.9. The summed E-state index contributed by atoms with van der Waals surface area (Å²) in [6.07, 6.45) is 0. The number of hydrogen-bond donors (Lipinski definition) is 4. The molecule has 0 saturated carbocycles. The SMILES string of the molecule is O.O=S(=O)(O)c1nc2c(-c3ccccc3)cccc2[nH]1.O=S(=O)(O)c1nc2c(-c3ccccc3)cccc2[nH]1. The van der Waals surface area contributed by atoms with Gasteiger partial charge in [-0.3, -0.25) is 9.11 Å². The van der Waals surface area contributed by atoms with E-state index in [0.29, 0.717) is 22.1 Å². The van der Waals surface area contributed by atoms with Crippen molar-refractivity contribution < 1.29 is 31.4 Å². The molecule has 11 nitrogen and oxygen atoms in total. The molecule has 0 fully saturated rings. The van der Waals surface area contributed by atoms with Gasteiger partial charge in [0.05, 0.1) is 22.1 Å². The highest BCUT2D eigenvalue weighted by molar-refractivity contribution is 7.85. The third-order valence-electron chi connectivity index (χ3n) is 5.64. The zero-order valence-corrected chi connectivity index (χ0v) is 21.6. The van der Waals surface area contributed by atoms with Crippen molar-refractivity contribution in [3.05, 3.63) is 97.1 Å². The normalized spacial score (nSPS) is 11.5. The Morgan fingerprint density at radius 2 is 0.872 bits per heavy atom. The first-order valence-corrected chi connectivity index (χ1v) is 14.0. The molecular weight excluding hydrogens is 544 g/mol. The summed E-state index contributed by atoms with van der Waals surface area (Å²) in [4.78, 5) is 13.1. The van der Waals surface area contributed by atoms with Gasteiger partial charge in [-0.05, 0) is 23.3 Å². The number of aromatic amines is 2. The summed E-state index contributed by atoms with van der Waals surface area (Å²) >= 11 is 0. The molecule has 200 valence electrons. The third-order valence-corrected chi connectivity index (χ3v) is 7.00. The van der Waals surface area contributed by atoms with Gasteiger partial charge in [0.2, 0.25) is 0 Å². The molecule has 0 aliphatic heterocycles. The number of imidazole rings is 2. The van der Waals surface area contributed by atoms with Crippen LogP contribution in [-0.2, 0) is 20.2 Å². The number of para-hydroxylation sites is 2. The van der Waals surface area contributed by atoms with Crippen molar-refractivity contribution in [2.45, 2.75) is 10.3 Å². The van der Waals surface area contributed by atoms with Crippen molar-refractivity contribution >= 4 is 42.3 Å². The summed E-state index contributed by atoms with van der Waals surface area (Å²) in [6.45, 7) is 0. The fourth-order valence-corrected chi connectivity index (χ4v) is 4.86. The molecule has 2 aromatic heterocycles. The maximum Gasteiger partial charge on any atom is 0.328 e. The van der Waals surface area contributed by atoms with Crippen molar-refractivity contribution in [1.82, 2.24) is 19.9 Å². The Labute approximate surface area is 223 Å². The molecule has 0 unspecified atom stereocenters. The number of H-pyrrole nitrogens is 2. The smallest absolute Gasteiger partial charge is 0.328 e. The summed E-state index contributed by atoms with van der Waals surface area (Å²) < 4.78 is 62.5. The van der Waals surface area contributed by atoms with E-state index < -0.39 is 30.5 Å². The van der Waals surface area contributed by atoms with Crippen LogP contribution in [0.4, 0.5) is 0 Å². The van der Waals surface area contributed by atoms with Gasteiger partial charge in [-0.1, -0.05) is 84.9 Å². The summed E-state index contributed by atoms with van der Waals surface area (Å²) in [6, 6.07) is 29.8. The number of nitrogens with one attached hydrogen (secondary N) is 2. The van der Waals surface area contributed by atoms with Gasteiger partial charge >= 0.3 is 20.2 Å². The number of hydrogen-bond acceptors (Lipinski definition) is 6. The fourth-order valence-electron chi connectivity index (χ4n) is 3.96. The van der Waals surface area contributed by atoms with E-state index in [9.17, 15) is 16.8 Å². The summed E-state index contributed by atoms with van der Waals surface area (Å²) in [5.74, 6) is 0. The quantitative estimate of drug-likeness (QED) is 0.228. The lowest BCUT2D eigenvalue weighted by molar-refractivity contribution is 0.474. The monoisotopic (exact) mass is 566 g/mol. The van der Waals surface area contributed by atoms with Crippen LogP contribution < -0.4 is 0 Å². The van der Waals surface area contributed by atoms with Crippen LogP contribution >= 0.6 is 0 Å². The molecule has 0 saturated heterocycles. The molecule has 4 aromatic carbocycles. The first kappa shape index (κ1) is 27.6. The minimum Gasteiger partial charge on any atom is -0.412 e. The second-order valence-electron chi connectivity index (χ2n) is 8.17. The Bertz CT molecular complexity index is 1830. The van der Waals surface area contributed by atoms with Crippen LogP contribution in [0.15, 0.2) is 107 Å². The van der Waals surface area contributed by atoms with Gasteiger partial charge in [0.1, 0.15) is 0 Å². The largest absolute Gasteiger partial charge is 0.412 e. The summed E-state index contributed by atoms with van der Waals surface area (Å²) in [5.41, 5.74) is 5.64. The van der Waals surface area contributed by atoms with Crippen LogP contribution in [0.25, 0.3) is 44.3 Å². The van der Waals surface area contributed by atoms with E-state index in [2.05, 4.69) is 19.9 Å². The van der Waals surface area contributed by atoms with E-state index in [-0.39, 0.29) is 5.48 Å². The average Bonchev–Trinajstić information content (AvgIpc) is 3.55. The Hall–Kier alpha value is -4.40. The fraction of sp³-hybridized carbons (Fsp3) is 0. The van der Waals surface area contributed by atoms with Crippen molar-refractivity contribution in [2.75, 3.05) is 0 Å². The van der Waals surface area contributed by atoms with E-state index in [1.165, 1.54) is 0 Å². The molecular formula is C26H22N4O7S2. The molecule has 39 heavy (non-hydrogen) atoms. The number of fused-ring (bicyclic) bond motifs is 2. The number of rotatable bonds is 4. The molecule has 0 bridgehead atoms. The van der Waals surface area contributed by atoms with Crippen molar-refractivity contribution in [2.24, 2.45) is 0 Å². The van der Waals surface area contributed by atoms with Crippen molar-refractivity contribution in [3.8, 4) is 22.3 Å². The molecule has 6 N–H and O–H groups in total. The molecule has 0 aliphatic rings. The highest BCUT2D eigenvalue weighted by Gasteiger charge is 2.18. The minimum absolute atomic E-state index is 0. The van der Waals surface area contributed by atoms with E-state index in [1.54, 1.807) is 24.3 Å². The lowest BCUT2D eigenvalue weighted by atomic mass is 10.0. The van der Waals surface area contributed by atoms with Gasteiger partial charge < -0.3 is 15.4 Å². The molecule has 6 aromatic rings. The molecule has 6 rings (SSSR count). The number of aromatic nitrogens is 4. The standard InChI is InChI=1S/2C13H10N2O3S.H2O/c2*16-19(17,18)13-14-11-8-4-7-10(12(11)15-13)9-5-2-1-3-6-9;/h2*1-8H,(H,14,15)(H,16,17,18);1H2. The molecule has 2 heterocycles. The molecule has 13 heteroatoms. The third kappa shape index (κ3) is 5.87. The van der Waals surface area contributed by atoms with Crippen molar-refractivity contribution in [3.63, 3.8) is 0 Å². The zero-order valence-electron chi connectivity index (χ0n) is 20.0. The summed E-state index contributed by atoms with van der Waals surface area (Å²) in [5, 5.41) is -0.878. The van der Waals surface area contributed by atoms with E-state index in [0.717, 1.165) is 22.3 Å². The van der Waals surface area contributed by atoms with Gasteiger partial charge in [-0.15, -0.1) is 0 Å². The van der Waals surface area contributed by atoms with E-state index >= 15 is 0 Å². The number of benzene rings is 4. The van der Waals surface area contributed by atoms with E-state index in [1.807, 2.05) is 72.8 Å². The van der Waals surface area contributed by atoms with Gasteiger partial charge in [0, 0.05) is 11.1 Å². The minimum atomic E-state index is -4.33. The van der Waals surface area contributed by atoms with Crippen LogP contribution in [0.1, 0.15) is 0 Å². The molecule has 0 amide bonds. The lowest BCUT2D eigenvalue weighted by Gasteiger charge is -2.01. The van der Waals surface area contributed by atoms with Gasteiger partial charge in [0.25, 0.3) is 10.3 Å². The Kier molecular flexibility index (Phi) is 7.63. The van der Waals surface area contributed by atoms with Crippen molar-refractivity contribution in [1.29, 1.82) is 0 Å². The Morgan fingerprint density at radius 3 is 1.21 bits per heavy atom. The highest BCUT2D eigenvalue weighted by atomic mass is 32.2. The lowest BCUT2D eigenvalue weighted by Crippen LogP contribution is -1.99. The van der Waals surface area contributed by atoms with Crippen LogP contribution in [0, 0.1) is 0 Å². The first-order valence-electron chi connectivity index (χ1n) is 11.1. The molecule has 0 spiro atoms. The predicted molar refractivity (Wildman–Crippen MR) is 146 cm³/mol. The van der Waals surface area contributed by atoms with Gasteiger partial charge in [-0.25, -0.2) is 9.97 Å². The van der Waals surface area contributed by atoms with Crippen LogP contribution in [0.5, 0.6) is 0 Å². The molecule has 0 atom stereocenters. The first-order chi connectivity index (χ1) is 18.1. The summed E-state index contributed by atoms with van der Waals surface area (Å²) in [7, 11) is -8.66. The topological polar surface area (TPSA) is 198 Å². The van der Waals surface area contributed by atoms with Gasteiger partial charge in [0.15, 0.2) is 0 Å². The second kappa shape index (κ2) is 10.8. The van der Waals surface area contributed by atoms with Crippen LogP contribution in [0.2, 0.25) is 0 Å². The average molecular weight is 567 g/mol. The second-order valence-corrected chi connectivity index (χ2v) is 10.8. The van der Waals surface area contributed by atoms with E-state index in [4.69, 9.17) is 9.11 Å².